The van der Waals surface area contributed by atoms with Crippen LogP contribution in [0.25, 0.3) is 0 Å². The van der Waals surface area contributed by atoms with Crippen molar-refractivity contribution in [2.75, 3.05) is 0 Å². The van der Waals surface area contributed by atoms with Crippen LogP contribution in [0.15, 0.2) is 40.0 Å². The van der Waals surface area contributed by atoms with Crippen molar-refractivity contribution >= 4 is 16.0 Å². The topological polar surface area (TPSA) is 92.8 Å². The SMILES string of the molecule is Cn1cc(S(=O)(=O)N(Cc2ccco2)C2CCCC2)cc1C(=O)O. The molecule has 0 spiro atoms. The summed E-state index contributed by atoms with van der Waals surface area (Å²) in [6, 6.07) is 4.58. The second-order valence-electron chi connectivity index (χ2n) is 6.05. The number of hydrogen-bond donors (Lipinski definition) is 1. The third-order valence-corrected chi connectivity index (χ3v) is 6.29. The van der Waals surface area contributed by atoms with Crippen molar-refractivity contribution in [2.24, 2.45) is 7.05 Å². The molecule has 1 aliphatic rings. The van der Waals surface area contributed by atoms with E-state index in [2.05, 4.69) is 0 Å². The van der Waals surface area contributed by atoms with Crippen molar-refractivity contribution in [3.63, 3.8) is 0 Å². The van der Waals surface area contributed by atoms with Gasteiger partial charge in [-0.15, -0.1) is 0 Å². The lowest BCUT2D eigenvalue weighted by Crippen LogP contribution is -2.38. The van der Waals surface area contributed by atoms with Crippen LogP contribution >= 0.6 is 0 Å². The van der Waals surface area contributed by atoms with Gasteiger partial charge in [0, 0.05) is 19.3 Å². The fourth-order valence-electron chi connectivity index (χ4n) is 3.18. The summed E-state index contributed by atoms with van der Waals surface area (Å²) >= 11 is 0. The molecular weight excluding hydrogens is 332 g/mol. The summed E-state index contributed by atoms with van der Waals surface area (Å²) in [6.07, 6.45) is 6.45. The zero-order valence-corrected chi connectivity index (χ0v) is 14.2. The quantitative estimate of drug-likeness (QED) is 0.862. The largest absolute Gasteiger partial charge is 0.477 e. The number of sulfonamides is 1. The Kier molecular flexibility index (Phi) is 4.51. The van der Waals surface area contributed by atoms with Crippen molar-refractivity contribution in [1.29, 1.82) is 0 Å². The molecule has 2 aromatic rings. The smallest absolute Gasteiger partial charge is 0.352 e. The summed E-state index contributed by atoms with van der Waals surface area (Å²) in [5.74, 6) is -0.586. The summed E-state index contributed by atoms with van der Waals surface area (Å²) in [7, 11) is -2.28. The van der Waals surface area contributed by atoms with Gasteiger partial charge in [-0.2, -0.15) is 4.31 Å². The van der Waals surface area contributed by atoms with Gasteiger partial charge in [0.1, 0.15) is 16.3 Å². The second-order valence-corrected chi connectivity index (χ2v) is 7.94. The molecule has 1 saturated carbocycles. The highest BCUT2D eigenvalue weighted by Gasteiger charge is 2.35. The number of furan rings is 1. The van der Waals surface area contributed by atoms with E-state index in [1.54, 1.807) is 12.1 Å². The first-order valence-electron chi connectivity index (χ1n) is 7.83. The monoisotopic (exact) mass is 352 g/mol. The first-order chi connectivity index (χ1) is 11.4. The lowest BCUT2D eigenvalue weighted by molar-refractivity contribution is 0.0686. The van der Waals surface area contributed by atoms with Crippen LogP contribution in [0, 0.1) is 0 Å². The molecule has 7 nitrogen and oxygen atoms in total. The Labute approximate surface area is 140 Å². The number of nitrogens with zero attached hydrogens (tertiary/aromatic N) is 2. The highest BCUT2D eigenvalue weighted by molar-refractivity contribution is 7.89. The van der Waals surface area contributed by atoms with Crippen molar-refractivity contribution < 1.29 is 22.7 Å². The number of rotatable bonds is 6. The molecule has 0 unspecified atom stereocenters. The van der Waals surface area contributed by atoms with Crippen LogP contribution in [0.5, 0.6) is 0 Å². The van der Waals surface area contributed by atoms with Gasteiger partial charge in [-0.05, 0) is 31.0 Å². The molecule has 0 aromatic carbocycles. The molecule has 0 atom stereocenters. The van der Waals surface area contributed by atoms with Gasteiger partial charge in [-0.25, -0.2) is 13.2 Å². The molecule has 3 rings (SSSR count). The van der Waals surface area contributed by atoms with Gasteiger partial charge in [0.25, 0.3) is 0 Å². The summed E-state index contributed by atoms with van der Waals surface area (Å²) in [6.45, 7) is 0.150. The second kappa shape index (κ2) is 6.45. The van der Waals surface area contributed by atoms with Gasteiger partial charge in [-0.1, -0.05) is 12.8 Å². The van der Waals surface area contributed by atoms with E-state index < -0.39 is 16.0 Å². The maximum Gasteiger partial charge on any atom is 0.352 e. The molecule has 0 amide bonds. The summed E-state index contributed by atoms with van der Waals surface area (Å²) in [5, 5.41) is 9.16. The van der Waals surface area contributed by atoms with Gasteiger partial charge in [0.15, 0.2) is 0 Å². The molecular formula is C16H20N2O5S. The number of carboxylic acids is 1. The zero-order chi connectivity index (χ0) is 17.3. The van der Waals surface area contributed by atoms with Gasteiger partial charge >= 0.3 is 5.97 Å². The Bertz CT molecular complexity index is 817. The average Bonchev–Trinajstić information content (AvgIpc) is 3.26. The fourth-order valence-corrected chi connectivity index (χ4v) is 4.91. The molecule has 0 bridgehead atoms. The Balaban J connectivity index is 1.98. The normalized spacial score (nSPS) is 16.1. The van der Waals surface area contributed by atoms with E-state index >= 15 is 0 Å². The third kappa shape index (κ3) is 3.11. The van der Waals surface area contributed by atoms with Crippen LogP contribution in [0.4, 0.5) is 0 Å². The van der Waals surface area contributed by atoms with E-state index in [1.165, 1.54) is 34.4 Å². The molecule has 1 aliphatic carbocycles. The van der Waals surface area contributed by atoms with Gasteiger partial charge < -0.3 is 14.1 Å². The van der Waals surface area contributed by atoms with E-state index in [-0.39, 0.29) is 23.2 Å². The van der Waals surface area contributed by atoms with Crippen LogP contribution in [0.3, 0.4) is 0 Å². The van der Waals surface area contributed by atoms with Crippen molar-refractivity contribution in [2.45, 2.75) is 43.2 Å². The van der Waals surface area contributed by atoms with Crippen LogP contribution in [-0.2, 0) is 23.6 Å². The predicted octanol–water partition coefficient (Wildman–Crippen LogP) is 2.45. The van der Waals surface area contributed by atoms with Gasteiger partial charge in [0.2, 0.25) is 10.0 Å². The van der Waals surface area contributed by atoms with E-state index in [1.807, 2.05) is 0 Å². The predicted molar refractivity (Wildman–Crippen MR) is 86.1 cm³/mol. The lowest BCUT2D eigenvalue weighted by atomic mass is 10.2. The van der Waals surface area contributed by atoms with Gasteiger partial charge in [0.05, 0.1) is 12.8 Å². The van der Waals surface area contributed by atoms with Crippen molar-refractivity contribution in [1.82, 2.24) is 8.87 Å². The van der Waals surface area contributed by atoms with Crippen molar-refractivity contribution in [3.8, 4) is 0 Å². The average molecular weight is 352 g/mol. The molecule has 130 valence electrons. The molecule has 0 radical (unpaired) electrons. The number of aryl methyl sites for hydroxylation is 1. The molecule has 8 heteroatoms. The Morgan fingerprint density at radius 3 is 2.67 bits per heavy atom. The third-order valence-electron chi connectivity index (χ3n) is 4.43. The first-order valence-corrected chi connectivity index (χ1v) is 9.27. The highest BCUT2D eigenvalue weighted by atomic mass is 32.2. The maximum atomic E-state index is 13.1. The number of carbonyl (C=O) groups is 1. The van der Waals surface area contributed by atoms with Gasteiger partial charge in [-0.3, -0.25) is 0 Å². The fraction of sp³-hybridized carbons (Fsp3) is 0.438. The number of aromatic nitrogens is 1. The summed E-state index contributed by atoms with van der Waals surface area (Å²) in [4.78, 5) is 11.2. The minimum Gasteiger partial charge on any atom is -0.477 e. The number of aromatic carboxylic acids is 1. The van der Waals surface area contributed by atoms with E-state index in [0.717, 1.165) is 25.7 Å². The van der Waals surface area contributed by atoms with Crippen LogP contribution < -0.4 is 0 Å². The minimum atomic E-state index is -3.81. The molecule has 1 N–H and O–H groups in total. The van der Waals surface area contributed by atoms with E-state index in [9.17, 15) is 13.2 Å². The molecule has 0 saturated heterocycles. The first kappa shape index (κ1) is 16.8. The van der Waals surface area contributed by atoms with Crippen molar-refractivity contribution in [3.05, 3.63) is 42.1 Å². The number of hydrogen-bond acceptors (Lipinski definition) is 4. The molecule has 1 fully saturated rings. The van der Waals surface area contributed by atoms with Crippen LogP contribution in [0.1, 0.15) is 41.9 Å². The minimum absolute atomic E-state index is 0.000793. The number of carboxylic acid groups (broad SMARTS) is 1. The Hall–Kier alpha value is -2.06. The van der Waals surface area contributed by atoms with Crippen LogP contribution in [0.2, 0.25) is 0 Å². The Morgan fingerprint density at radius 2 is 2.12 bits per heavy atom. The zero-order valence-electron chi connectivity index (χ0n) is 13.4. The summed E-state index contributed by atoms with van der Waals surface area (Å²) in [5.41, 5.74) is -0.0575. The molecule has 2 heterocycles. The maximum absolute atomic E-state index is 13.1. The molecule has 0 aliphatic heterocycles. The molecule has 2 aromatic heterocycles. The highest BCUT2D eigenvalue weighted by Crippen LogP contribution is 2.31. The van der Waals surface area contributed by atoms with E-state index in [4.69, 9.17) is 9.52 Å². The van der Waals surface area contributed by atoms with Crippen LogP contribution in [-0.4, -0.2) is 34.4 Å². The van der Waals surface area contributed by atoms with E-state index in [0.29, 0.717) is 5.76 Å². The Morgan fingerprint density at radius 1 is 1.42 bits per heavy atom. The standard InChI is InChI=1S/C16H20N2O5S/c1-17-11-14(9-15(17)16(19)20)24(21,22)18(12-5-2-3-6-12)10-13-7-4-8-23-13/h4,7-9,11-12H,2-3,5-6,10H2,1H3,(H,19,20). The summed E-state index contributed by atoms with van der Waals surface area (Å²) < 4.78 is 34.3. The molecule has 24 heavy (non-hydrogen) atoms. The lowest BCUT2D eigenvalue weighted by Gasteiger charge is -2.26.